The maximum absolute atomic E-state index is 8.89. The maximum atomic E-state index is 8.89. The molecule has 0 saturated carbocycles. The molecule has 0 unspecified atom stereocenters. The predicted molar refractivity (Wildman–Crippen MR) is 113 cm³/mol. The number of hydrogen-bond acceptors (Lipinski definition) is 2. The Kier molecular flexibility index (Phi) is 3.81. The summed E-state index contributed by atoms with van der Waals surface area (Å²) in [4.78, 5) is 0. The highest BCUT2D eigenvalue weighted by Crippen LogP contribution is 2.37. The van der Waals surface area contributed by atoms with Crippen molar-refractivity contribution in [3.8, 4) is 16.9 Å². The van der Waals surface area contributed by atoms with Gasteiger partial charge in [-0.1, -0.05) is 72.8 Å². The minimum Gasteiger partial charge on any atom is -0.537 e. The number of benzene rings is 5. The second-order valence-corrected chi connectivity index (χ2v) is 6.60. The smallest absolute Gasteiger partial charge is 0.537 e. The van der Waals surface area contributed by atoms with Crippen molar-refractivity contribution in [3.05, 3.63) is 91.0 Å². The van der Waals surface area contributed by atoms with E-state index in [1.54, 1.807) is 0 Å². The van der Waals surface area contributed by atoms with Crippen LogP contribution in [0.15, 0.2) is 91.0 Å². The molecule has 27 heavy (non-hydrogen) atoms. The Balaban J connectivity index is 1.82. The van der Waals surface area contributed by atoms with Gasteiger partial charge in [-0.25, -0.2) is 0 Å². The van der Waals surface area contributed by atoms with Crippen LogP contribution in [0.1, 0.15) is 0 Å². The molecule has 1 N–H and O–H groups in total. The summed E-state index contributed by atoms with van der Waals surface area (Å²) in [5, 5.41) is 16.5. The quantitative estimate of drug-likeness (QED) is 0.334. The van der Waals surface area contributed by atoms with Crippen molar-refractivity contribution in [3.63, 3.8) is 0 Å². The highest BCUT2D eigenvalue weighted by molar-refractivity contribution is 6.25. The van der Waals surface area contributed by atoms with Gasteiger partial charge in [0.1, 0.15) is 5.75 Å². The molecule has 0 bridgehead atoms. The Bertz CT molecular complexity index is 1260. The van der Waals surface area contributed by atoms with Crippen molar-refractivity contribution >= 4 is 40.0 Å². The van der Waals surface area contributed by atoms with Gasteiger partial charge in [0, 0.05) is 0 Å². The summed E-state index contributed by atoms with van der Waals surface area (Å²) in [6.07, 6.45) is 0. The summed E-state index contributed by atoms with van der Waals surface area (Å²) in [7, 11) is 0.707. The molecule has 0 spiro atoms. The summed E-state index contributed by atoms with van der Waals surface area (Å²) >= 11 is 0. The van der Waals surface area contributed by atoms with Crippen molar-refractivity contribution in [1.29, 1.82) is 0 Å². The van der Waals surface area contributed by atoms with E-state index in [1.807, 2.05) is 18.2 Å². The van der Waals surface area contributed by atoms with Crippen LogP contribution >= 0.6 is 0 Å². The molecule has 5 aromatic rings. The first kappa shape index (κ1) is 15.9. The third-order valence-electron chi connectivity index (χ3n) is 5.10. The average molecular weight is 347 g/mol. The first-order valence-corrected chi connectivity index (χ1v) is 8.91. The van der Waals surface area contributed by atoms with E-state index in [-0.39, 0.29) is 0 Å². The van der Waals surface area contributed by atoms with Crippen LogP contribution in [0, 0.1) is 0 Å². The van der Waals surface area contributed by atoms with Crippen molar-refractivity contribution in [2.75, 3.05) is 0 Å². The van der Waals surface area contributed by atoms with Crippen LogP contribution in [0.3, 0.4) is 0 Å². The van der Waals surface area contributed by atoms with Gasteiger partial charge in [0.05, 0.1) is 0 Å². The monoisotopic (exact) mass is 347 g/mol. The molecule has 3 heteroatoms. The standard InChI is InChI=1S/C24H16BO2/c26-25-27-18-7-5-6-16(14-18)17-12-13-23-21-10-2-1-8-19(21)20-9-3-4-11-22(20)24(23)15-17/h1-15,26H. The minimum atomic E-state index is 0.610. The Morgan fingerprint density at radius 3 is 1.70 bits per heavy atom. The summed E-state index contributed by atoms with van der Waals surface area (Å²) in [5.41, 5.74) is 2.17. The first-order valence-electron chi connectivity index (χ1n) is 8.91. The van der Waals surface area contributed by atoms with Gasteiger partial charge in [-0.15, -0.1) is 0 Å². The molecule has 0 heterocycles. The van der Waals surface area contributed by atoms with Gasteiger partial charge in [-0.2, -0.15) is 0 Å². The summed E-state index contributed by atoms with van der Waals surface area (Å²) < 4.78 is 5.11. The normalized spacial score (nSPS) is 11.1. The van der Waals surface area contributed by atoms with Gasteiger partial charge in [0.2, 0.25) is 0 Å². The molecular formula is C24H16BO2. The van der Waals surface area contributed by atoms with E-state index >= 15 is 0 Å². The van der Waals surface area contributed by atoms with Gasteiger partial charge >= 0.3 is 7.69 Å². The van der Waals surface area contributed by atoms with E-state index in [4.69, 9.17) is 9.68 Å². The second-order valence-electron chi connectivity index (χ2n) is 6.60. The Hall–Kier alpha value is -3.30. The largest absolute Gasteiger partial charge is 0.569 e. The number of hydrogen-bond donors (Lipinski definition) is 1. The third-order valence-corrected chi connectivity index (χ3v) is 5.10. The van der Waals surface area contributed by atoms with E-state index in [0.717, 1.165) is 11.1 Å². The van der Waals surface area contributed by atoms with Crippen LogP contribution in [0.5, 0.6) is 5.75 Å². The maximum Gasteiger partial charge on any atom is 0.569 e. The van der Waals surface area contributed by atoms with E-state index < -0.39 is 0 Å². The molecule has 0 fully saturated rings. The molecule has 0 aliphatic rings. The van der Waals surface area contributed by atoms with Crippen LogP contribution in [-0.2, 0) is 0 Å². The summed E-state index contributed by atoms with van der Waals surface area (Å²) in [6, 6.07) is 31.4. The topological polar surface area (TPSA) is 29.5 Å². The zero-order chi connectivity index (χ0) is 18.2. The van der Waals surface area contributed by atoms with E-state index in [9.17, 15) is 0 Å². The Morgan fingerprint density at radius 2 is 1.07 bits per heavy atom. The fraction of sp³-hybridized carbons (Fsp3) is 0. The highest BCUT2D eigenvalue weighted by atomic mass is 16.5. The predicted octanol–water partition coefficient (Wildman–Crippen LogP) is 5.72. The SMILES string of the molecule is O[B]Oc1cccc(-c2ccc3c4ccccc4c4ccccc4c3c2)c1. The van der Waals surface area contributed by atoms with Crippen molar-refractivity contribution < 1.29 is 9.68 Å². The number of rotatable bonds is 3. The molecule has 0 aromatic heterocycles. The zero-order valence-corrected chi connectivity index (χ0v) is 14.6. The molecule has 1 radical (unpaired) electrons. The van der Waals surface area contributed by atoms with E-state index in [2.05, 4.69) is 72.8 Å². The Labute approximate surface area is 157 Å². The van der Waals surface area contributed by atoms with Crippen molar-refractivity contribution in [1.82, 2.24) is 0 Å². The fourth-order valence-corrected chi connectivity index (χ4v) is 3.90. The third kappa shape index (κ3) is 2.64. The van der Waals surface area contributed by atoms with Gasteiger partial charge < -0.3 is 9.68 Å². The molecule has 5 rings (SSSR count). The fourth-order valence-electron chi connectivity index (χ4n) is 3.90. The minimum absolute atomic E-state index is 0.610. The van der Waals surface area contributed by atoms with Gasteiger partial charge in [-0.3, -0.25) is 0 Å². The lowest BCUT2D eigenvalue weighted by atomic mass is 9.92. The van der Waals surface area contributed by atoms with Gasteiger partial charge in [-0.05, 0) is 61.6 Å². The summed E-state index contributed by atoms with van der Waals surface area (Å²) in [6.45, 7) is 0. The van der Waals surface area contributed by atoms with Crippen LogP contribution in [0.25, 0.3) is 43.4 Å². The highest BCUT2D eigenvalue weighted by Gasteiger charge is 2.09. The molecule has 5 aromatic carbocycles. The van der Waals surface area contributed by atoms with Crippen LogP contribution in [0.4, 0.5) is 0 Å². The number of fused-ring (bicyclic) bond motifs is 6. The lowest BCUT2D eigenvalue weighted by Gasteiger charge is -2.12. The van der Waals surface area contributed by atoms with Crippen LogP contribution in [-0.4, -0.2) is 12.7 Å². The zero-order valence-electron chi connectivity index (χ0n) is 14.6. The second kappa shape index (κ2) is 6.46. The van der Waals surface area contributed by atoms with Crippen molar-refractivity contribution in [2.24, 2.45) is 0 Å². The average Bonchev–Trinajstić information content (AvgIpc) is 2.74. The molecule has 0 aliphatic carbocycles. The molecule has 2 nitrogen and oxygen atoms in total. The summed E-state index contributed by atoms with van der Waals surface area (Å²) in [5.74, 6) is 0.610. The van der Waals surface area contributed by atoms with Gasteiger partial charge in [0.15, 0.2) is 0 Å². The van der Waals surface area contributed by atoms with E-state index in [0.29, 0.717) is 13.4 Å². The molecule has 127 valence electrons. The van der Waals surface area contributed by atoms with Crippen LogP contribution < -0.4 is 4.65 Å². The van der Waals surface area contributed by atoms with Crippen LogP contribution in [0.2, 0.25) is 0 Å². The molecule has 0 aliphatic heterocycles. The first-order chi connectivity index (χ1) is 13.3. The van der Waals surface area contributed by atoms with Crippen molar-refractivity contribution in [2.45, 2.75) is 0 Å². The lowest BCUT2D eigenvalue weighted by molar-refractivity contribution is 0.454. The Morgan fingerprint density at radius 1 is 0.519 bits per heavy atom. The molecule has 0 atom stereocenters. The van der Waals surface area contributed by atoms with Gasteiger partial charge in [0.25, 0.3) is 0 Å². The molecule has 0 saturated heterocycles. The lowest BCUT2D eigenvalue weighted by Crippen LogP contribution is -1.99. The van der Waals surface area contributed by atoms with E-state index in [1.165, 1.54) is 32.3 Å². The molecule has 0 amide bonds. The molecular weight excluding hydrogens is 331 g/mol.